The maximum absolute atomic E-state index is 15.0. The van der Waals surface area contributed by atoms with Crippen LogP contribution in [0.25, 0.3) is 0 Å². The molecule has 0 aromatic heterocycles. The van der Waals surface area contributed by atoms with Gasteiger partial charge in [-0.15, -0.1) is 0 Å². The molecule has 0 saturated heterocycles. The van der Waals surface area contributed by atoms with Crippen molar-refractivity contribution in [3.8, 4) is 0 Å². The molecule has 0 N–H and O–H groups in total. The molecule has 4 rings (SSSR count). The Morgan fingerprint density at radius 2 is 1.60 bits per heavy atom. The smallest absolute Gasteiger partial charge is 0.317 e. The fourth-order valence-corrected chi connectivity index (χ4v) is 6.19. The number of hydrogen-bond donors (Lipinski definition) is 0. The van der Waals surface area contributed by atoms with Crippen LogP contribution in [0.1, 0.15) is 102 Å². The van der Waals surface area contributed by atoms with Gasteiger partial charge in [0.2, 0.25) is 0 Å². The molecule has 3 aliphatic carbocycles. The van der Waals surface area contributed by atoms with Crippen molar-refractivity contribution in [3.05, 3.63) is 59.2 Å². The van der Waals surface area contributed by atoms with Crippen molar-refractivity contribution in [2.45, 2.75) is 109 Å². The SMILES string of the molecule is CCCC1=CCC(/C=C/C2CCC(C(F)(F)OC3CCC(c4ccc(F)c(F)c4)CC3)CC2)CC1. The Morgan fingerprint density at radius 3 is 2.23 bits per heavy atom. The Hall–Kier alpha value is -1.62. The van der Waals surface area contributed by atoms with E-state index in [9.17, 15) is 17.6 Å². The number of benzene rings is 1. The lowest BCUT2D eigenvalue weighted by atomic mass is 9.79. The van der Waals surface area contributed by atoms with E-state index in [0.717, 1.165) is 30.9 Å². The van der Waals surface area contributed by atoms with Gasteiger partial charge in [0.25, 0.3) is 0 Å². The first-order valence-electron chi connectivity index (χ1n) is 13.7. The van der Waals surface area contributed by atoms with E-state index >= 15 is 0 Å². The second kappa shape index (κ2) is 12.1. The fourth-order valence-electron chi connectivity index (χ4n) is 6.19. The summed E-state index contributed by atoms with van der Waals surface area (Å²) in [6.07, 6.45) is 14.3. The summed E-state index contributed by atoms with van der Waals surface area (Å²) in [7, 11) is 0. The van der Waals surface area contributed by atoms with Gasteiger partial charge in [-0.25, -0.2) is 8.78 Å². The third-order valence-corrected chi connectivity index (χ3v) is 8.43. The summed E-state index contributed by atoms with van der Waals surface area (Å²) in [6.45, 7) is 2.22. The van der Waals surface area contributed by atoms with Gasteiger partial charge in [0.15, 0.2) is 11.6 Å². The molecule has 1 unspecified atom stereocenters. The van der Waals surface area contributed by atoms with Crippen molar-refractivity contribution >= 4 is 0 Å². The van der Waals surface area contributed by atoms with Crippen molar-refractivity contribution in [1.29, 1.82) is 0 Å². The lowest BCUT2D eigenvalue weighted by molar-refractivity contribution is -0.301. The summed E-state index contributed by atoms with van der Waals surface area (Å²) in [6, 6.07) is 3.97. The van der Waals surface area contributed by atoms with Crippen molar-refractivity contribution < 1.29 is 22.3 Å². The van der Waals surface area contributed by atoms with Gasteiger partial charge in [-0.05, 0) is 112 Å². The summed E-state index contributed by atoms with van der Waals surface area (Å²) in [5.41, 5.74) is 2.34. The molecule has 0 heterocycles. The predicted octanol–water partition coefficient (Wildman–Crippen LogP) is 9.49. The topological polar surface area (TPSA) is 9.23 Å². The van der Waals surface area contributed by atoms with E-state index in [-0.39, 0.29) is 5.92 Å². The van der Waals surface area contributed by atoms with Gasteiger partial charge >= 0.3 is 6.11 Å². The number of rotatable bonds is 8. The largest absolute Gasteiger partial charge is 0.358 e. The standard InChI is InChI=1S/C30H40F4O/c1-2-3-21-4-6-22(7-5-21)8-9-23-10-15-26(16-11-23)30(33,34)35-27-17-12-24(13-18-27)25-14-19-28(31)29(32)20-25/h4,8-9,14,19-20,22-24,26-27H,2-3,5-7,10-13,15-18H2,1H3/b9-8+. The molecular weight excluding hydrogens is 452 g/mol. The van der Waals surface area contributed by atoms with Gasteiger partial charge in [-0.1, -0.05) is 43.2 Å². The molecule has 1 nitrogen and oxygen atoms in total. The lowest BCUT2D eigenvalue weighted by Crippen LogP contribution is -2.38. The first-order chi connectivity index (χ1) is 16.8. The highest BCUT2D eigenvalue weighted by molar-refractivity contribution is 5.22. The molecule has 0 radical (unpaired) electrons. The molecule has 1 aromatic carbocycles. The number of allylic oxidation sites excluding steroid dienone is 4. The van der Waals surface area contributed by atoms with Crippen LogP contribution in [0, 0.1) is 29.4 Å². The van der Waals surface area contributed by atoms with Gasteiger partial charge in [0.1, 0.15) is 0 Å². The van der Waals surface area contributed by atoms with Crippen LogP contribution in [-0.4, -0.2) is 12.2 Å². The number of ether oxygens (including phenoxy) is 1. The first kappa shape index (κ1) is 26.4. The third-order valence-electron chi connectivity index (χ3n) is 8.43. The molecule has 0 amide bonds. The van der Waals surface area contributed by atoms with Crippen molar-refractivity contribution in [2.75, 3.05) is 0 Å². The highest BCUT2D eigenvalue weighted by Crippen LogP contribution is 2.43. The normalized spacial score (nSPS) is 30.4. The minimum Gasteiger partial charge on any atom is -0.317 e. The molecule has 0 bridgehead atoms. The summed E-state index contributed by atoms with van der Waals surface area (Å²) in [5.74, 6) is -1.37. The molecule has 2 saturated carbocycles. The highest BCUT2D eigenvalue weighted by Gasteiger charge is 2.44. The summed E-state index contributed by atoms with van der Waals surface area (Å²) >= 11 is 0. The molecule has 194 valence electrons. The summed E-state index contributed by atoms with van der Waals surface area (Å²) in [5, 5.41) is 0. The Labute approximate surface area is 208 Å². The lowest BCUT2D eigenvalue weighted by Gasteiger charge is -2.36. The van der Waals surface area contributed by atoms with Crippen LogP contribution in [0.4, 0.5) is 17.6 Å². The van der Waals surface area contributed by atoms with Crippen LogP contribution in [0.2, 0.25) is 0 Å². The van der Waals surface area contributed by atoms with Crippen LogP contribution in [0.15, 0.2) is 42.0 Å². The maximum Gasteiger partial charge on any atom is 0.358 e. The van der Waals surface area contributed by atoms with E-state index < -0.39 is 29.8 Å². The van der Waals surface area contributed by atoms with Crippen LogP contribution >= 0.6 is 0 Å². The molecule has 1 atom stereocenters. The molecule has 5 heteroatoms. The van der Waals surface area contributed by atoms with Gasteiger partial charge in [-0.3, -0.25) is 0 Å². The molecule has 2 fully saturated rings. The van der Waals surface area contributed by atoms with E-state index in [2.05, 4.69) is 25.2 Å². The molecule has 3 aliphatic rings. The van der Waals surface area contributed by atoms with Gasteiger partial charge in [0, 0.05) is 0 Å². The number of halogens is 4. The van der Waals surface area contributed by atoms with Crippen LogP contribution < -0.4 is 0 Å². The Kier molecular flexibility index (Phi) is 9.13. The number of hydrogen-bond acceptors (Lipinski definition) is 1. The van der Waals surface area contributed by atoms with E-state index in [4.69, 9.17) is 4.74 Å². The molecular formula is C30H40F4O. The zero-order chi connectivity index (χ0) is 24.8. The van der Waals surface area contributed by atoms with E-state index in [1.54, 1.807) is 11.6 Å². The minimum atomic E-state index is -3.10. The molecule has 0 aliphatic heterocycles. The Bertz CT molecular complexity index is 876. The Balaban J connectivity index is 1.19. The first-order valence-corrected chi connectivity index (χ1v) is 13.7. The third kappa shape index (κ3) is 7.21. The maximum atomic E-state index is 15.0. The average Bonchev–Trinajstić information content (AvgIpc) is 2.86. The van der Waals surface area contributed by atoms with Crippen molar-refractivity contribution in [1.82, 2.24) is 0 Å². The molecule has 0 spiro atoms. The van der Waals surface area contributed by atoms with Crippen molar-refractivity contribution in [3.63, 3.8) is 0 Å². The van der Waals surface area contributed by atoms with Gasteiger partial charge in [0.05, 0.1) is 12.0 Å². The second-order valence-electron chi connectivity index (χ2n) is 11.0. The Morgan fingerprint density at radius 1 is 0.886 bits per heavy atom. The zero-order valence-corrected chi connectivity index (χ0v) is 21.0. The average molecular weight is 493 g/mol. The highest BCUT2D eigenvalue weighted by atomic mass is 19.3. The van der Waals surface area contributed by atoms with Crippen molar-refractivity contribution in [2.24, 2.45) is 17.8 Å². The quantitative estimate of drug-likeness (QED) is 0.259. The van der Waals surface area contributed by atoms with Gasteiger partial charge < -0.3 is 4.74 Å². The summed E-state index contributed by atoms with van der Waals surface area (Å²) in [4.78, 5) is 0. The second-order valence-corrected chi connectivity index (χ2v) is 11.0. The minimum absolute atomic E-state index is 0.0682. The van der Waals surface area contributed by atoms with E-state index in [1.165, 1.54) is 31.7 Å². The summed E-state index contributed by atoms with van der Waals surface area (Å²) < 4.78 is 62.1. The number of alkyl halides is 2. The fraction of sp³-hybridized carbons (Fsp3) is 0.667. The van der Waals surface area contributed by atoms with Crippen LogP contribution in [0.5, 0.6) is 0 Å². The predicted molar refractivity (Wildman–Crippen MR) is 132 cm³/mol. The van der Waals surface area contributed by atoms with Gasteiger partial charge in [-0.2, -0.15) is 8.78 Å². The molecule has 35 heavy (non-hydrogen) atoms. The van der Waals surface area contributed by atoms with Crippen LogP contribution in [0.3, 0.4) is 0 Å². The molecule has 1 aromatic rings. The van der Waals surface area contributed by atoms with Crippen LogP contribution in [-0.2, 0) is 4.74 Å². The zero-order valence-electron chi connectivity index (χ0n) is 21.0. The monoisotopic (exact) mass is 492 g/mol. The van der Waals surface area contributed by atoms with E-state index in [0.29, 0.717) is 50.4 Å². The van der Waals surface area contributed by atoms with E-state index in [1.807, 2.05) is 0 Å².